The zero-order valence-corrected chi connectivity index (χ0v) is 11.1. The molecule has 2 saturated heterocycles. The van der Waals surface area contributed by atoms with Crippen LogP contribution in [0.5, 0.6) is 0 Å². The number of amides is 1. The van der Waals surface area contributed by atoms with Crippen molar-refractivity contribution in [3.05, 3.63) is 34.3 Å². The summed E-state index contributed by atoms with van der Waals surface area (Å²) in [6.45, 7) is 2.33. The van der Waals surface area contributed by atoms with Gasteiger partial charge in [-0.1, -0.05) is 28.1 Å². The van der Waals surface area contributed by atoms with Crippen LogP contribution in [0.4, 0.5) is 0 Å². The summed E-state index contributed by atoms with van der Waals surface area (Å²) in [5.41, 5.74) is 1.13. The second-order valence-electron chi connectivity index (χ2n) is 4.82. The van der Waals surface area contributed by atoms with Gasteiger partial charge in [-0.3, -0.25) is 4.79 Å². The normalized spacial score (nSPS) is 20.9. The number of halogens is 1. The van der Waals surface area contributed by atoms with E-state index in [9.17, 15) is 4.79 Å². The Morgan fingerprint density at radius 2 is 2.06 bits per heavy atom. The molecule has 0 unspecified atom stereocenters. The number of nitrogens with zero attached hydrogens (tertiary/aromatic N) is 1. The number of benzene rings is 1. The van der Waals surface area contributed by atoms with Crippen LogP contribution in [-0.4, -0.2) is 36.1 Å². The predicted molar refractivity (Wildman–Crippen MR) is 67.7 cm³/mol. The zero-order chi connectivity index (χ0) is 11.9. The molecule has 4 heteroatoms. The summed E-state index contributed by atoms with van der Waals surface area (Å²) >= 11 is 3.39. The summed E-state index contributed by atoms with van der Waals surface area (Å²) in [4.78, 5) is 14.1. The van der Waals surface area contributed by atoms with E-state index >= 15 is 0 Å². The molecule has 0 saturated carbocycles. The maximum Gasteiger partial charge on any atom is 0.227 e. The van der Waals surface area contributed by atoms with Gasteiger partial charge in [-0.25, -0.2) is 0 Å². The van der Waals surface area contributed by atoms with Gasteiger partial charge in [0.15, 0.2) is 0 Å². The number of ether oxygens (including phenoxy) is 1. The van der Waals surface area contributed by atoms with Gasteiger partial charge in [0.25, 0.3) is 0 Å². The van der Waals surface area contributed by atoms with E-state index in [1.807, 2.05) is 29.2 Å². The topological polar surface area (TPSA) is 29.5 Å². The van der Waals surface area contributed by atoms with E-state index in [1.165, 1.54) is 0 Å². The van der Waals surface area contributed by atoms with Crippen molar-refractivity contribution >= 4 is 21.8 Å². The molecule has 0 atom stereocenters. The summed E-state index contributed by atoms with van der Waals surface area (Å²) < 4.78 is 6.27. The molecule has 0 N–H and O–H groups in total. The van der Waals surface area contributed by atoms with Crippen molar-refractivity contribution in [3.8, 4) is 0 Å². The van der Waals surface area contributed by atoms with E-state index in [0.717, 1.165) is 36.2 Å². The second kappa shape index (κ2) is 4.10. The Labute approximate surface area is 109 Å². The van der Waals surface area contributed by atoms with Crippen LogP contribution in [0.1, 0.15) is 12.0 Å². The highest BCUT2D eigenvalue weighted by molar-refractivity contribution is 9.10. The van der Waals surface area contributed by atoms with Gasteiger partial charge in [-0.15, -0.1) is 0 Å². The van der Waals surface area contributed by atoms with Crippen molar-refractivity contribution in [2.75, 3.05) is 19.8 Å². The molecule has 2 aliphatic heterocycles. The average Bonchev–Trinajstić information content (AvgIpc) is 2.17. The van der Waals surface area contributed by atoms with Crippen molar-refractivity contribution in [1.29, 1.82) is 0 Å². The Bertz CT molecular complexity index is 434. The first-order valence-electron chi connectivity index (χ1n) is 5.82. The Hall–Kier alpha value is -0.870. The van der Waals surface area contributed by atoms with E-state index in [-0.39, 0.29) is 11.4 Å². The molecule has 1 spiro atoms. The molecule has 0 bridgehead atoms. The molecule has 3 nitrogen and oxygen atoms in total. The first-order valence-corrected chi connectivity index (χ1v) is 6.62. The van der Waals surface area contributed by atoms with Crippen LogP contribution < -0.4 is 0 Å². The van der Waals surface area contributed by atoms with Crippen LogP contribution >= 0.6 is 15.9 Å². The summed E-state index contributed by atoms with van der Waals surface area (Å²) in [6, 6.07) is 7.93. The summed E-state index contributed by atoms with van der Waals surface area (Å²) in [6.07, 6.45) is 1.59. The molecule has 3 rings (SSSR count). The fourth-order valence-corrected chi connectivity index (χ4v) is 2.70. The minimum atomic E-state index is 0.0620. The molecule has 1 aromatic rings. The van der Waals surface area contributed by atoms with Gasteiger partial charge in [0.2, 0.25) is 5.91 Å². The number of hydrogen-bond acceptors (Lipinski definition) is 2. The lowest BCUT2D eigenvalue weighted by molar-refractivity contribution is -0.199. The highest BCUT2D eigenvalue weighted by Crippen LogP contribution is 2.37. The third-order valence-electron chi connectivity index (χ3n) is 3.68. The van der Waals surface area contributed by atoms with Crippen molar-refractivity contribution < 1.29 is 9.53 Å². The maximum absolute atomic E-state index is 12.1. The largest absolute Gasteiger partial charge is 0.376 e. The Morgan fingerprint density at radius 3 is 2.53 bits per heavy atom. The number of carbonyl (C=O) groups is 1. The Morgan fingerprint density at radius 1 is 1.35 bits per heavy atom. The molecular weight excluding hydrogens is 282 g/mol. The lowest BCUT2D eigenvalue weighted by Crippen LogP contribution is -2.72. The molecule has 90 valence electrons. The van der Waals surface area contributed by atoms with Crippen LogP contribution in [0.25, 0.3) is 0 Å². The first kappa shape index (κ1) is 11.2. The van der Waals surface area contributed by atoms with E-state index < -0.39 is 0 Å². The van der Waals surface area contributed by atoms with Gasteiger partial charge >= 0.3 is 0 Å². The lowest BCUT2D eigenvalue weighted by Gasteiger charge is -2.57. The third-order valence-corrected chi connectivity index (χ3v) is 4.21. The van der Waals surface area contributed by atoms with Crippen molar-refractivity contribution in [2.24, 2.45) is 0 Å². The van der Waals surface area contributed by atoms with Crippen LogP contribution in [0.15, 0.2) is 28.7 Å². The van der Waals surface area contributed by atoms with Crippen molar-refractivity contribution in [3.63, 3.8) is 0 Å². The third kappa shape index (κ3) is 1.89. The van der Waals surface area contributed by atoms with E-state index in [0.29, 0.717) is 6.42 Å². The van der Waals surface area contributed by atoms with E-state index in [4.69, 9.17) is 4.74 Å². The molecule has 1 amide bonds. The Kier molecular flexibility index (Phi) is 2.71. The van der Waals surface area contributed by atoms with Crippen molar-refractivity contribution in [1.82, 2.24) is 4.90 Å². The van der Waals surface area contributed by atoms with E-state index in [2.05, 4.69) is 15.9 Å². The van der Waals surface area contributed by atoms with Gasteiger partial charge in [0, 0.05) is 11.0 Å². The first-order chi connectivity index (χ1) is 8.20. The SMILES string of the molecule is O=C(Cc1ccc(Br)cc1)N1CCC12COC2. The molecule has 0 aromatic heterocycles. The summed E-state index contributed by atoms with van der Waals surface area (Å²) in [5, 5.41) is 0. The maximum atomic E-state index is 12.1. The van der Waals surface area contributed by atoms with Crippen LogP contribution in [0.3, 0.4) is 0 Å². The molecule has 17 heavy (non-hydrogen) atoms. The molecule has 0 radical (unpaired) electrons. The van der Waals surface area contributed by atoms with Crippen molar-refractivity contribution in [2.45, 2.75) is 18.4 Å². The number of likely N-dealkylation sites (tertiary alicyclic amines) is 1. The fraction of sp³-hybridized carbons (Fsp3) is 0.462. The van der Waals surface area contributed by atoms with Gasteiger partial charge in [0.05, 0.1) is 25.2 Å². The van der Waals surface area contributed by atoms with E-state index in [1.54, 1.807) is 0 Å². The number of rotatable bonds is 2. The van der Waals surface area contributed by atoms with Crippen LogP contribution in [-0.2, 0) is 16.0 Å². The quantitative estimate of drug-likeness (QED) is 0.835. The van der Waals surface area contributed by atoms with Gasteiger partial charge in [0.1, 0.15) is 0 Å². The van der Waals surface area contributed by atoms with Gasteiger partial charge in [-0.2, -0.15) is 0 Å². The minimum Gasteiger partial charge on any atom is -0.376 e. The van der Waals surface area contributed by atoms with Gasteiger partial charge in [-0.05, 0) is 24.1 Å². The molecule has 2 heterocycles. The monoisotopic (exact) mass is 295 g/mol. The molecular formula is C13H14BrNO2. The van der Waals surface area contributed by atoms with Crippen LogP contribution in [0.2, 0.25) is 0 Å². The molecule has 1 aromatic carbocycles. The summed E-state index contributed by atoms with van der Waals surface area (Å²) in [7, 11) is 0. The van der Waals surface area contributed by atoms with Crippen LogP contribution in [0, 0.1) is 0 Å². The standard InChI is InChI=1S/C13H14BrNO2/c14-11-3-1-10(2-4-11)7-12(16)15-6-5-13(15)8-17-9-13/h1-4H,5-9H2. The van der Waals surface area contributed by atoms with Gasteiger partial charge < -0.3 is 9.64 Å². The number of carbonyl (C=O) groups excluding carboxylic acids is 1. The second-order valence-corrected chi connectivity index (χ2v) is 5.73. The minimum absolute atomic E-state index is 0.0620. The highest BCUT2D eigenvalue weighted by Gasteiger charge is 2.52. The molecule has 0 aliphatic carbocycles. The number of hydrogen-bond donors (Lipinski definition) is 0. The highest BCUT2D eigenvalue weighted by atomic mass is 79.9. The predicted octanol–water partition coefficient (Wildman–Crippen LogP) is 1.99. The summed E-state index contributed by atoms with van der Waals surface area (Å²) in [5.74, 6) is 0.224. The fourth-order valence-electron chi connectivity index (χ4n) is 2.44. The smallest absolute Gasteiger partial charge is 0.227 e. The zero-order valence-electron chi connectivity index (χ0n) is 9.49. The Balaban J connectivity index is 1.65. The molecule has 2 fully saturated rings. The molecule has 2 aliphatic rings. The average molecular weight is 296 g/mol. The lowest BCUT2D eigenvalue weighted by atomic mass is 9.82.